The van der Waals surface area contributed by atoms with Crippen LogP contribution in [0.2, 0.25) is 0 Å². The Hall–Kier alpha value is 0.0700. The first kappa shape index (κ1) is 13.1. The van der Waals surface area contributed by atoms with Crippen LogP contribution in [0.25, 0.3) is 0 Å². The standard InChI is InChI=1S/C11H23NO2S/c1-3-9(2)7-15(13)8-11(12)10-4-5-14-6-10/h9-11H,3-8,12H2,1-2H3. The number of rotatable bonds is 6. The molecule has 0 radical (unpaired) electrons. The lowest BCUT2D eigenvalue weighted by molar-refractivity contribution is 0.182. The Morgan fingerprint density at radius 3 is 2.80 bits per heavy atom. The molecule has 1 fully saturated rings. The van der Waals surface area contributed by atoms with Gasteiger partial charge in [-0.25, -0.2) is 0 Å². The van der Waals surface area contributed by atoms with Crippen LogP contribution in [0.5, 0.6) is 0 Å². The molecule has 4 unspecified atom stereocenters. The SMILES string of the molecule is CCC(C)CS(=O)CC(N)C1CCOC1. The van der Waals surface area contributed by atoms with Crippen LogP contribution < -0.4 is 5.73 Å². The van der Waals surface area contributed by atoms with Crippen molar-refractivity contribution in [2.75, 3.05) is 24.7 Å². The first-order chi connectivity index (χ1) is 7.13. The van der Waals surface area contributed by atoms with Crippen LogP contribution in [0.15, 0.2) is 0 Å². The summed E-state index contributed by atoms with van der Waals surface area (Å²) in [5.41, 5.74) is 6.02. The molecule has 1 heterocycles. The molecule has 4 heteroatoms. The van der Waals surface area contributed by atoms with E-state index in [2.05, 4.69) is 13.8 Å². The Bertz CT molecular complexity index is 205. The van der Waals surface area contributed by atoms with Crippen molar-refractivity contribution in [1.29, 1.82) is 0 Å². The highest BCUT2D eigenvalue weighted by molar-refractivity contribution is 7.85. The molecular formula is C11H23NO2S. The van der Waals surface area contributed by atoms with Gasteiger partial charge in [0.25, 0.3) is 0 Å². The third-order valence-electron chi connectivity index (χ3n) is 3.12. The van der Waals surface area contributed by atoms with Crippen molar-refractivity contribution in [3.63, 3.8) is 0 Å². The highest BCUT2D eigenvalue weighted by Crippen LogP contribution is 2.16. The molecule has 2 N–H and O–H groups in total. The largest absolute Gasteiger partial charge is 0.381 e. The van der Waals surface area contributed by atoms with E-state index in [1.165, 1.54) is 0 Å². The topological polar surface area (TPSA) is 52.3 Å². The summed E-state index contributed by atoms with van der Waals surface area (Å²) in [4.78, 5) is 0. The molecule has 3 nitrogen and oxygen atoms in total. The van der Waals surface area contributed by atoms with Crippen molar-refractivity contribution < 1.29 is 8.95 Å². The lowest BCUT2D eigenvalue weighted by Gasteiger charge is -2.18. The van der Waals surface area contributed by atoms with E-state index in [0.717, 1.165) is 31.8 Å². The van der Waals surface area contributed by atoms with Crippen molar-refractivity contribution in [3.05, 3.63) is 0 Å². The second kappa shape index (κ2) is 6.61. The molecule has 15 heavy (non-hydrogen) atoms. The van der Waals surface area contributed by atoms with Crippen LogP contribution in [0.3, 0.4) is 0 Å². The van der Waals surface area contributed by atoms with Crippen molar-refractivity contribution in [3.8, 4) is 0 Å². The van der Waals surface area contributed by atoms with Crippen LogP contribution in [-0.2, 0) is 15.5 Å². The average Bonchev–Trinajstić information content (AvgIpc) is 2.70. The van der Waals surface area contributed by atoms with E-state index >= 15 is 0 Å². The second-order valence-corrected chi connectivity index (χ2v) is 6.12. The van der Waals surface area contributed by atoms with E-state index in [4.69, 9.17) is 10.5 Å². The molecule has 0 aromatic rings. The third-order valence-corrected chi connectivity index (χ3v) is 4.81. The van der Waals surface area contributed by atoms with Gasteiger partial charge in [-0.15, -0.1) is 0 Å². The van der Waals surface area contributed by atoms with E-state index in [1.54, 1.807) is 0 Å². The number of hydrogen-bond acceptors (Lipinski definition) is 3. The summed E-state index contributed by atoms with van der Waals surface area (Å²) in [6.45, 7) is 5.84. The maximum atomic E-state index is 11.8. The molecule has 0 amide bonds. The van der Waals surface area contributed by atoms with Crippen molar-refractivity contribution >= 4 is 10.8 Å². The molecule has 0 spiro atoms. The molecule has 1 rings (SSSR count). The van der Waals surface area contributed by atoms with Crippen LogP contribution in [0, 0.1) is 11.8 Å². The fourth-order valence-electron chi connectivity index (χ4n) is 1.74. The van der Waals surface area contributed by atoms with Crippen LogP contribution >= 0.6 is 0 Å². The molecule has 1 aliphatic heterocycles. The molecule has 1 saturated heterocycles. The summed E-state index contributed by atoms with van der Waals surface area (Å²) in [7, 11) is -0.757. The molecule has 0 aromatic carbocycles. The summed E-state index contributed by atoms with van der Waals surface area (Å²) in [6, 6.07) is 0.0531. The quantitative estimate of drug-likeness (QED) is 0.748. The average molecular weight is 233 g/mol. The lowest BCUT2D eigenvalue weighted by Crippen LogP contribution is -2.36. The maximum Gasteiger partial charge on any atom is 0.0510 e. The van der Waals surface area contributed by atoms with E-state index in [0.29, 0.717) is 17.6 Å². The number of ether oxygens (including phenoxy) is 1. The lowest BCUT2D eigenvalue weighted by atomic mass is 10.0. The minimum atomic E-state index is -0.757. The zero-order valence-corrected chi connectivity index (χ0v) is 10.6. The molecule has 0 aliphatic carbocycles. The van der Waals surface area contributed by atoms with Gasteiger partial charge in [-0.2, -0.15) is 0 Å². The minimum Gasteiger partial charge on any atom is -0.381 e. The van der Waals surface area contributed by atoms with Crippen LogP contribution in [-0.4, -0.2) is 35.0 Å². The summed E-state index contributed by atoms with van der Waals surface area (Å²) in [6.07, 6.45) is 2.12. The van der Waals surface area contributed by atoms with Crippen LogP contribution in [0.4, 0.5) is 0 Å². The molecule has 4 atom stereocenters. The molecule has 0 bridgehead atoms. The third kappa shape index (κ3) is 4.62. The van der Waals surface area contributed by atoms with E-state index in [-0.39, 0.29) is 6.04 Å². The Kier molecular flexibility index (Phi) is 5.79. The highest BCUT2D eigenvalue weighted by atomic mass is 32.2. The Labute approximate surface area is 95.2 Å². The zero-order valence-electron chi connectivity index (χ0n) is 9.78. The monoisotopic (exact) mass is 233 g/mol. The van der Waals surface area contributed by atoms with Crippen molar-refractivity contribution in [2.24, 2.45) is 17.6 Å². The van der Waals surface area contributed by atoms with Gasteiger partial charge < -0.3 is 10.5 Å². The van der Waals surface area contributed by atoms with Crippen molar-refractivity contribution in [2.45, 2.75) is 32.7 Å². The molecule has 0 aromatic heterocycles. The van der Waals surface area contributed by atoms with E-state index in [1.807, 2.05) is 0 Å². The van der Waals surface area contributed by atoms with Gasteiger partial charge in [-0.1, -0.05) is 20.3 Å². The van der Waals surface area contributed by atoms with Gasteiger partial charge in [0.2, 0.25) is 0 Å². The smallest absolute Gasteiger partial charge is 0.0510 e. The Morgan fingerprint density at radius 1 is 1.53 bits per heavy atom. The maximum absolute atomic E-state index is 11.8. The summed E-state index contributed by atoms with van der Waals surface area (Å²) in [5.74, 6) is 2.39. The molecule has 0 saturated carbocycles. The first-order valence-corrected chi connectivity index (χ1v) is 7.30. The Morgan fingerprint density at radius 2 is 2.27 bits per heavy atom. The first-order valence-electron chi connectivity index (χ1n) is 5.81. The molecule has 90 valence electrons. The summed E-state index contributed by atoms with van der Waals surface area (Å²) < 4.78 is 17.1. The summed E-state index contributed by atoms with van der Waals surface area (Å²) >= 11 is 0. The zero-order chi connectivity index (χ0) is 11.3. The fourth-order valence-corrected chi connectivity index (χ4v) is 3.45. The van der Waals surface area contributed by atoms with E-state index in [9.17, 15) is 4.21 Å². The minimum absolute atomic E-state index is 0.0531. The fraction of sp³-hybridized carbons (Fsp3) is 1.00. The molecule has 1 aliphatic rings. The normalized spacial score (nSPS) is 27.5. The number of nitrogens with two attached hydrogens (primary N) is 1. The second-order valence-electron chi connectivity index (χ2n) is 4.57. The van der Waals surface area contributed by atoms with Gasteiger partial charge in [0.15, 0.2) is 0 Å². The van der Waals surface area contributed by atoms with Gasteiger partial charge >= 0.3 is 0 Å². The van der Waals surface area contributed by atoms with Gasteiger partial charge in [-0.3, -0.25) is 4.21 Å². The van der Waals surface area contributed by atoms with Gasteiger partial charge in [0.1, 0.15) is 0 Å². The highest BCUT2D eigenvalue weighted by Gasteiger charge is 2.24. The predicted molar refractivity (Wildman–Crippen MR) is 64.2 cm³/mol. The van der Waals surface area contributed by atoms with Gasteiger partial charge in [0.05, 0.1) is 6.61 Å². The van der Waals surface area contributed by atoms with Crippen molar-refractivity contribution in [1.82, 2.24) is 0 Å². The van der Waals surface area contributed by atoms with Gasteiger partial charge in [-0.05, 0) is 12.3 Å². The van der Waals surface area contributed by atoms with E-state index < -0.39 is 10.8 Å². The number of hydrogen-bond donors (Lipinski definition) is 1. The predicted octanol–water partition coefficient (Wildman–Crippen LogP) is 1.14. The van der Waals surface area contributed by atoms with Gasteiger partial charge in [0, 0.05) is 40.9 Å². The van der Waals surface area contributed by atoms with Crippen LogP contribution in [0.1, 0.15) is 26.7 Å². The summed E-state index contributed by atoms with van der Waals surface area (Å²) in [5, 5.41) is 0. The molecular weight excluding hydrogens is 210 g/mol. The Balaban J connectivity index is 2.24.